The quantitative estimate of drug-likeness (QED) is 0.599. The van der Waals surface area contributed by atoms with Gasteiger partial charge in [-0.15, -0.1) is 11.3 Å². The van der Waals surface area contributed by atoms with Gasteiger partial charge in [-0.05, 0) is 31.2 Å². The summed E-state index contributed by atoms with van der Waals surface area (Å²) >= 11 is 8.50. The summed E-state index contributed by atoms with van der Waals surface area (Å²) < 4.78 is -1.27. The topological polar surface area (TPSA) is 62.3 Å². The number of carbonyl (C=O) groups is 2. The molecule has 0 fully saturated rings. The van der Waals surface area contributed by atoms with E-state index in [0.717, 1.165) is 21.8 Å². The highest BCUT2D eigenvalue weighted by molar-refractivity contribution is 8.02. The Hall–Kier alpha value is -2.35. The van der Waals surface area contributed by atoms with Gasteiger partial charge in [0, 0.05) is 27.9 Å². The van der Waals surface area contributed by atoms with Crippen LogP contribution in [0.2, 0.25) is 5.02 Å². The van der Waals surface area contributed by atoms with Crippen molar-refractivity contribution in [1.29, 1.82) is 0 Å². The van der Waals surface area contributed by atoms with Crippen molar-refractivity contribution in [2.75, 3.05) is 17.3 Å². The monoisotopic (exact) mass is 429 g/mol. The fourth-order valence-corrected chi connectivity index (χ4v) is 5.06. The van der Waals surface area contributed by atoms with E-state index in [1.165, 1.54) is 28.0 Å². The van der Waals surface area contributed by atoms with Gasteiger partial charge in [0.15, 0.2) is 9.88 Å². The largest absolute Gasteiger partial charge is 0.313 e. The van der Waals surface area contributed by atoms with Gasteiger partial charge in [0.05, 0.1) is 11.4 Å². The standard InChI is InChI=1S/C20H16ClN3O2S2/c1-20(18(26)24(2)15-5-3-4-6-16(15)28-20)17(25)23-19-22-14(11-27-19)12-7-9-13(21)10-8-12/h3-11H,1-2H3,(H,22,23,25). The summed E-state index contributed by atoms with van der Waals surface area (Å²) in [5.41, 5.74) is 2.46. The Morgan fingerprint density at radius 1 is 1.18 bits per heavy atom. The molecule has 0 radical (unpaired) electrons. The van der Waals surface area contributed by atoms with Crippen LogP contribution in [0.1, 0.15) is 6.92 Å². The summed E-state index contributed by atoms with van der Waals surface area (Å²) in [6, 6.07) is 14.9. The molecule has 2 heterocycles. The van der Waals surface area contributed by atoms with Crippen molar-refractivity contribution >= 4 is 57.3 Å². The minimum Gasteiger partial charge on any atom is -0.313 e. The van der Waals surface area contributed by atoms with Gasteiger partial charge in [-0.2, -0.15) is 0 Å². The van der Waals surface area contributed by atoms with Crippen molar-refractivity contribution in [3.05, 3.63) is 58.9 Å². The molecule has 142 valence electrons. The van der Waals surface area contributed by atoms with Crippen LogP contribution >= 0.6 is 34.7 Å². The minimum absolute atomic E-state index is 0.261. The number of amides is 2. The molecule has 2 aromatic carbocycles. The Kier molecular flexibility index (Phi) is 4.91. The number of aromatic nitrogens is 1. The number of para-hydroxylation sites is 1. The van der Waals surface area contributed by atoms with E-state index >= 15 is 0 Å². The van der Waals surface area contributed by atoms with Gasteiger partial charge in [-0.3, -0.25) is 9.59 Å². The van der Waals surface area contributed by atoms with Gasteiger partial charge in [0.1, 0.15) is 0 Å². The summed E-state index contributed by atoms with van der Waals surface area (Å²) in [5.74, 6) is -0.649. The molecule has 1 unspecified atom stereocenters. The third-order valence-corrected chi connectivity index (χ3v) is 6.89. The highest BCUT2D eigenvalue weighted by Crippen LogP contribution is 2.45. The molecule has 2 amide bonds. The molecule has 1 aliphatic heterocycles. The molecule has 0 spiro atoms. The molecule has 1 atom stereocenters. The van der Waals surface area contributed by atoms with E-state index in [-0.39, 0.29) is 11.8 Å². The van der Waals surface area contributed by atoms with Gasteiger partial charge in [-0.25, -0.2) is 4.98 Å². The van der Waals surface area contributed by atoms with Gasteiger partial charge in [-0.1, -0.05) is 47.6 Å². The third kappa shape index (κ3) is 3.30. The number of anilines is 2. The average Bonchev–Trinajstić information content (AvgIpc) is 3.15. The first-order valence-electron chi connectivity index (χ1n) is 8.47. The number of fused-ring (bicyclic) bond motifs is 1. The molecular formula is C20H16ClN3O2S2. The number of hydrogen-bond acceptors (Lipinski definition) is 5. The highest BCUT2D eigenvalue weighted by atomic mass is 35.5. The smallest absolute Gasteiger partial charge is 0.252 e. The highest BCUT2D eigenvalue weighted by Gasteiger charge is 2.48. The van der Waals surface area contributed by atoms with E-state index in [1.807, 2.05) is 41.8 Å². The zero-order valence-electron chi connectivity index (χ0n) is 15.1. The molecule has 4 rings (SSSR count). The predicted molar refractivity (Wildman–Crippen MR) is 115 cm³/mol. The molecule has 0 saturated carbocycles. The van der Waals surface area contributed by atoms with Gasteiger partial charge < -0.3 is 10.2 Å². The first-order chi connectivity index (χ1) is 13.4. The van der Waals surface area contributed by atoms with E-state index in [9.17, 15) is 9.59 Å². The Morgan fingerprint density at radius 2 is 1.89 bits per heavy atom. The number of hydrogen-bond donors (Lipinski definition) is 1. The zero-order chi connectivity index (χ0) is 19.9. The lowest BCUT2D eigenvalue weighted by molar-refractivity contribution is -0.128. The number of benzene rings is 2. The molecular weight excluding hydrogens is 414 g/mol. The molecule has 3 aromatic rings. The molecule has 1 aromatic heterocycles. The summed E-state index contributed by atoms with van der Waals surface area (Å²) in [7, 11) is 1.69. The molecule has 0 saturated heterocycles. The van der Waals surface area contributed by atoms with Crippen LogP contribution in [0.15, 0.2) is 58.8 Å². The van der Waals surface area contributed by atoms with Crippen LogP contribution in [0, 0.1) is 0 Å². The van der Waals surface area contributed by atoms with E-state index in [0.29, 0.717) is 10.2 Å². The van der Waals surface area contributed by atoms with Crippen LogP contribution in [-0.4, -0.2) is 28.6 Å². The Labute approximate surface area is 175 Å². The summed E-state index contributed by atoms with van der Waals surface area (Å²) in [4.78, 5) is 32.8. The lowest BCUT2D eigenvalue weighted by atomic mass is 10.1. The average molecular weight is 430 g/mol. The molecule has 1 N–H and O–H groups in total. The second kappa shape index (κ2) is 7.24. The van der Waals surface area contributed by atoms with Crippen molar-refractivity contribution < 1.29 is 9.59 Å². The fourth-order valence-electron chi connectivity index (χ4n) is 2.96. The van der Waals surface area contributed by atoms with Crippen molar-refractivity contribution in [1.82, 2.24) is 4.98 Å². The maximum atomic E-state index is 13.0. The van der Waals surface area contributed by atoms with Crippen LogP contribution in [0.25, 0.3) is 11.3 Å². The minimum atomic E-state index is -1.27. The maximum Gasteiger partial charge on any atom is 0.252 e. The van der Waals surface area contributed by atoms with Gasteiger partial charge in [0.2, 0.25) is 0 Å². The second-order valence-electron chi connectivity index (χ2n) is 6.47. The van der Waals surface area contributed by atoms with E-state index in [2.05, 4.69) is 10.3 Å². The van der Waals surface area contributed by atoms with Crippen molar-refractivity contribution in [3.63, 3.8) is 0 Å². The molecule has 8 heteroatoms. The fraction of sp³-hybridized carbons (Fsp3) is 0.150. The molecule has 5 nitrogen and oxygen atoms in total. The number of carbonyl (C=O) groups excluding carboxylic acids is 2. The van der Waals surface area contributed by atoms with E-state index < -0.39 is 4.75 Å². The van der Waals surface area contributed by atoms with Crippen molar-refractivity contribution in [3.8, 4) is 11.3 Å². The third-order valence-electron chi connectivity index (χ3n) is 4.55. The van der Waals surface area contributed by atoms with Crippen LogP contribution in [0.4, 0.5) is 10.8 Å². The van der Waals surface area contributed by atoms with Crippen LogP contribution in [0.5, 0.6) is 0 Å². The van der Waals surface area contributed by atoms with Crippen LogP contribution < -0.4 is 10.2 Å². The maximum absolute atomic E-state index is 13.0. The molecule has 1 aliphatic rings. The Morgan fingerprint density at radius 3 is 2.64 bits per heavy atom. The summed E-state index contributed by atoms with van der Waals surface area (Å²) in [5, 5.41) is 5.77. The Balaban J connectivity index is 1.57. The Bertz CT molecular complexity index is 1070. The zero-order valence-corrected chi connectivity index (χ0v) is 17.5. The van der Waals surface area contributed by atoms with Crippen LogP contribution in [0.3, 0.4) is 0 Å². The number of rotatable bonds is 3. The van der Waals surface area contributed by atoms with E-state index in [1.54, 1.807) is 26.1 Å². The predicted octanol–water partition coefficient (Wildman–Crippen LogP) is 4.93. The first kappa shape index (κ1) is 19.0. The molecule has 28 heavy (non-hydrogen) atoms. The lowest BCUT2D eigenvalue weighted by Crippen LogP contribution is -2.53. The second-order valence-corrected chi connectivity index (χ2v) is 9.22. The number of nitrogens with one attached hydrogen (secondary N) is 1. The summed E-state index contributed by atoms with van der Waals surface area (Å²) in [6.07, 6.45) is 0. The van der Waals surface area contributed by atoms with Gasteiger partial charge in [0.25, 0.3) is 11.8 Å². The van der Waals surface area contributed by atoms with E-state index in [4.69, 9.17) is 11.6 Å². The van der Waals surface area contributed by atoms with Gasteiger partial charge >= 0.3 is 0 Å². The summed E-state index contributed by atoms with van der Waals surface area (Å²) in [6.45, 7) is 1.65. The van der Waals surface area contributed by atoms with Crippen LogP contribution in [-0.2, 0) is 9.59 Å². The number of thioether (sulfide) groups is 1. The normalized spacial score (nSPS) is 18.7. The number of halogens is 1. The SMILES string of the molecule is CN1C(=O)C(C)(C(=O)Nc2nc(-c3ccc(Cl)cc3)cs2)Sc2ccccc21. The lowest BCUT2D eigenvalue weighted by Gasteiger charge is -2.36. The first-order valence-corrected chi connectivity index (χ1v) is 10.5. The number of nitrogens with zero attached hydrogens (tertiary/aromatic N) is 2. The molecule has 0 aliphatic carbocycles. The molecule has 0 bridgehead atoms. The van der Waals surface area contributed by atoms with Crippen molar-refractivity contribution in [2.45, 2.75) is 16.6 Å². The number of thiazole rings is 1. The van der Waals surface area contributed by atoms with Crippen molar-refractivity contribution in [2.24, 2.45) is 0 Å².